The number of pyridine rings is 1. The molecule has 1 aromatic heterocycles. The molecule has 0 saturated carbocycles. The van der Waals surface area contributed by atoms with Crippen molar-refractivity contribution in [2.45, 2.75) is 19.3 Å². The molecule has 2 aliphatic heterocycles. The van der Waals surface area contributed by atoms with Gasteiger partial charge in [-0.2, -0.15) is 4.39 Å². The van der Waals surface area contributed by atoms with E-state index < -0.39 is 5.95 Å². The lowest BCUT2D eigenvalue weighted by atomic mass is 10.0. The van der Waals surface area contributed by atoms with E-state index in [4.69, 9.17) is 0 Å². The van der Waals surface area contributed by atoms with Crippen LogP contribution >= 0.6 is 0 Å². The number of anilines is 3. The van der Waals surface area contributed by atoms with E-state index in [1.54, 1.807) is 42.5 Å². The number of carbonyl (C=O) groups is 2. The van der Waals surface area contributed by atoms with Gasteiger partial charge < -0.3 is 20.9 Å². The lowest BCUT2D eigenvalue weighted by Gasteiger charge is -2.14. The van der Waals surface area contributed by atoms with Crippen molar-refractivity contribution in [1.29, 1.82) is 0 Å². The van der Waals surface area contributed by atoms with Gasteiger partial charge in [-0.15, -0.1) is 0 Å². The summed E-state index contributed by atoms with van der Waals surface area (Å²) in [5.74, 6) is -1.01. The second-order valence-corrected chi connectivity index (χ2v) is 8.63. The summed E-state index contributed by atoms with van der Waals surface area (Å²) in [5, 5.41) is 9.14. The second-order valence-electron chi connectivity index (χ2n) is 8.63. The highest BCUT2D eigenvalue weighted by molar-refractivity contribution is 6.13. The van der Waals surface area contributed by atoms with Gasteiger partial charge in [0.2, 0.25) is 5.95 Å². The Morgan fingerprint density at radius 1 is 0.971 bits per heavy atom. The van der Waals surface area contributed by atoms with Crippen molar-refractivity contribution in [1.82, 2.24) is 15.2 Å². The Morgan fingerprint density at radius 2 is 1.79 bits per heavy atom. The molecule has 1 saturated heterocycles. The van der Waals surface area contributed by atoms with Crippen molar-refractivity contribution < 1.29 is 14.0 Å². The molecular formula is C26H26FN5O2. The molecule has 0 unspecified atom stereocenters. The van der Waals surface area contributed by atoms with E-state index in [2.05, 4.69) is 25.8 Å². The number of benzene rings is 2. The van der Waals surface area contributed by atoms with E-state index in [1.807, 2.05) is 0 Å². The normalized spacial score (nSPS) is 15.0. The summed E-state index contributed by atoms with van der Waals surface area (Å²) < 4.78 is 13.6. The zero-order valence-electron chi connectivity index (χ0n) is 18.7. The van der Waals surface area contributed by atoms with Crippen molar-refractivity contribution >= 4 is 28.9 Å². The predicted octanol–water partition coefficient (Wildman–Crippen LogP) is 4.41. The van der Waals surface area contributed by atoms with E-state index in [-0.39, 0.29) is 11.8 Å². The van der Waals surface area contributed by atoms with Gasteiger partial charge in [0.15, 0.2) is 0 Å². The molecule has 2 amide bonds. The molecule has 3 aromatic rings. The van der Waals surface area contributed by atoms with Crippen LogP contribution in [0, 0.1) is 5.95 Å². The molecule has 2 aliphatic rings. The molecule has 1 fully saturated rings. The maximum atomic E-state index is 13.6. The quantitative estimate of drug-likeness (QED) is 0.376. The Hall–Kier alpha value is -3.78. The number of carbonyl (C=O) groups excluding carboxylic acids is 2. The highest BCUT2D eigenvalue weighted by atomic mass is 19.1. The van der Waals surface area contributed by atoms with Crippen LogP contribution in [-0.2, 0) is 0 Å². The predicted molar refractivity (Wildman–Crippen MR) is 130 cm³/mol. The summed E-state index contributed by atoms with van der Waals surface area (Å²) in [6.45, 7) is 3.90. The number of nitrogens with one attached hydrogen (secondary N) is 3. The van der Waals surface area contributed by atoms with E-state index in [0.29, 0.717) is 40.3 Å². The van der Waals surface area contributed by atoms with Gasteiger partial charge in [0.05, 0.1) is 22.6 Å². The minimum atomic E-state index is -0.564. The van der Waals surface area contributed by atoms with Gasteiger partial charge in [0.25, 0.3) is 11.8 Å². The fourth-order valence-corrected chi connectivity index (χ4v) is 4.45. The summed E-state index contributed by atoms with van der Waals surface area (Å²) in [5.41, 5.74) is 4.18. The van der Waals surface area contributed by atoms with Crippen molar-refractivity contribution in [2.75, 3.05) is 36.8 Å². The molecule has 8 heteroatoms. The number of hydrogen-bond donors (Lipinski definition) is 3. The van der Waals surface area contributed by atoms with Crippen LogP contribution in [0.4, 0.5) is 21.5 Å². The zero-order valence-corrected chi connectivity index (χ0v) is 18.7. The van der Waals surface area contributed by atoms with Crippen molar-refractivity contribution in [2.24, 2.45) is 0 Å². The van der Waals surface area contributed by atoms with Crippen LogP contribution in [0.2, 0.25) is 0 Å². The van der Waals surface area contributed by atoms with E-state index in [0.717, 1.165) is 31.6 Å². The molecule has 5 rings (SSSR count). The van der Waals surface area contributed by atoms with Gasteiger partial charge in [-0.25, -0.2) is 4.98 Å². The summed E-state index contributed by atoms with van der Waals surface area (Å²) in [4.78, 5) is 31.5. The van der Waals surface area contributed by atoms with Gasteiger partial charge in [0.1, 0.15) is 0 Å². The number of rotatable bonds is 6. The molecule has 0 atom stereocenters. The van der Waals surface area contributed by atoms with Crippen LogP contribution in [0.3, 0.4) is 0 Å². The first-order valence-electron chi connectivity index (χ1n) is 11.6. The first kappa shape index (κ1) is 22.0. The molecule has 0 aliphatic carbocycles. The minimum absolute atomic E-state index is 0.165. The summed E-state index contributed by atoms with van der Waals surface area (Å²) in [7, 11) is 0. The monoisotopic (exact) mass is 459 g/mol. The first-order valence-corrected chi connectivity index (χ1v) is 11.6. The Balaban J connectivity index is 1.30. The SMILES string of the molecule is O=C(NCCCN1CCCC1)c1ccc2c(c1)NC(=O)c1ccc(-c3ccnc(F)c3)cc1N2. The van der Waals surface area contributed by atoms with E-state index >= 15 is 0 Å². The maximum absolute atomic E-state index is 13.6. The molecule has 174 valence electrons. The van der Waals surface area contributed by atoms with Crippen LogP contribution in [0.15, 0.2) is 54.7 Å². The van der Waals surface area contributed by atoms with E-state index in [9.17, 15) is 14.0 Å². The Labute approximate surface area is 197 Å². The number of fused-ring (bicyclic) bond motifs is 2. The molecule has 34 heavy (non-hydrogen) atoms. The maximum Gasteiger partial charge on any atom is 0.257 e. The average Bonchev–Trinajstić information content (AvgIpc) is 3.31. The van der Waals surface area contributed by atoms with Gasteiger partial charge in [-0.3, -0.25) is 9.59 Å². The van der Waals surface area contributed by atoms with Gasteiger partial charge in [-0.1, -0.05) is 6.07 Å². The molecule has 2 aromatic carbocycles. The zero-order chi connectivity index (χ0) is 23.5. The largest absolute Gasteiger partial charge is 0.353 e. The standard InChI is InChI=1S/C26H26FN5O2/c27-24-16-18(8-10-28-24)17-4-6-20-22(14-17)30-21-7-5-19(15-23(21)31-26(20)34)25(33)29-9-3-13-32-11-1-2-12-32/h4-8,10,14-16,30H,1-3,9,11-13H2,(H,29,33)(H,31,34). The van der Waals surface area contributed by atoms with Crippen LogP contribution in [0.25, 0.3) is 11.1 Å². The number of likely N-dealkylation sites (tertiary alicyclic amines) is 1. The number of nitrogens with zero attached hydrogens (tertiary/aromatic N) is 2. The highest BCUT2D eigenvalue weighted by Gasteiger charge is 2.21. The third-order valence-electron chi connectivity index (χ3n) is 6.26. The van der Waals surface area contributed by atoms with Gasteiger partial charge in [0, 0.05) is 24.4 Å². The average molecular weight is 460 g/mol. The number of aromatic nitrogens is 1. The van der Waals surface area contributed by atoms with Crippen molar-refractivity contribution in [3.63, 3.8) is 0 Å². The number of hydrogen-bond acceptors (Lipinski definition) is 5. The topological polar surface area (TPSA) is 86.4 Å². The van der Waals surface area contributed by atoms with Gasteiger partial charge in [-0.05, 0) is 86.4 Å². The molecule has 3 N–H and O–H groups in total. The Morgan fingerprint density at radius 3 is 2.62 bits per heavy atom. The van der Waals surface area contributed by atoms with Crippen molar-refractivity contribution in [3.05, 3.63) is 71.8 Å². The molecular weight excluding hydrogens is 433 g/mol. The van der Waals surface area contributed by atoms with Crippen LogP contribution < -0.4 is 16.0 Å². The minimum Gasteiger partial charge on any atom is -0.353 e. The third-order valence-corrected chi connectivity index (χ3v) is 6.26. The first-order chi connectivity index (χ1) is 16.6. The van der Waals surface area contributed by atoms with E-state index in [1.165, 1.54) is 25.1 Å². The summed E-state index contributed by atoms with van der Waals surface area (Å²) in [6.07, 6.45) is 4.84. The third kappa shape index (κ3) is 4.77. The molecule has 0 bridgehead atoms. The highest BCUT2D eigenvalue weighted by Crippen LogP contribution is 2.35. The molecule has 0 radical (unpaired) electrons. The Bertz CT molecular complexity index is 1240. The van der Waals surface area contributed by atoms with Gasteiger partial charge >= 0.3 is 0 Å². The summed E-state index contributed by atoms with van der Waals surface area (Å²) in [6, 6.07) is 13.5. The smallest absolute Gasteiger partial charge is 0.257 e. The lowest BCUT2D eigenvalue weighted by Crippen LogP contribution is -2.28. The van der Waals surface area contributed by atoms with Crippen molar-refractivity contribution in [3.8, 4) is 11.1 Å². The molecule has 7 nitrogen and oxygen atoms in total. The summed E-state index contributed by atoms with van der Waals surface area (Å²) >= 11 is 0. The number of amides is 2. The molecule has 3 heterocycles. The fourth-order valence-electron chi connectivity index (χ4n) is 4.45. The van der Waals surface area contributed by atoms with Crippen LogP contribution in [0.5, 0.6) is 0 Å². The lowest BCUT2D eigenvalue weighted by molar-refractivity contribution is 0.0950. The fraction of sp³-hybridized carbons (Fsp3) is 0.269. The van der Waals surface area contributed by atoms with Crippen LogP contribution in [-0.4, -0.2) is 47.9 Å². The molecule has 0 spiro atoms. The second kappa shape index (κ2) is 9.61. The Kier molecular flexibility index (Phi) is 6.22. The number of halogens is 1. The van der Waals surface area contributed by atoms with Crippen LogP contribution in [0.1, 0.15) is 40.0 Å².